The summed E-state index contributed by atoms with van der Waals surface area (Å²) in [5, 5.41) is 2.93. The normalized spacial score (nSPS) is 21.2. The summed E-state index contributed by atoms with van der Waals surface area (Å²) in [5.74, 6) is 4.16. The maximum Gasteiger partial charge on any atom is 0.246 e. The number of ether oxygens (including phenoxy) is 4. The number of carbonyl (C=O) groups excluding carboxylic acids is 1. The Morgan fingerprint density at radius 2 is 1.76 bits per heavy atom. The fourth-order valence-electron chi connectivity index (χ4n) is 4.36. The average Bonchev–Trinajstić information content (AvgIpc) is 2.81. The van der Waals surface area contributed by atoms with E-state index in [1.807, 2.05) is 45.0 Å². The van der Waals surface area contributed by atoms with Crippen LogP contribution in [0.2, 0.25) is 0 Å². The highest BCUT2D eigenvalue weighted by atomic mass is 16.5. The zero-order valence-electron chi connectivity index (χ0n) is 20.8. The van der Waals surface area contributed by atoms with E-state index in [2.05, 4.69) is 15.2 Å². The molecule has 34 heavy (non-hydrogen) atoms. The topological polar surface area (TPSA) is 98.3 Å². The molecular weight excluding hydrogens is 438 g/mol. The molecule has 1 aliphatic heterocycles. The molecule has 0 unspecified atom stereocenters. The largest absolute Gasteiger partial charge is 0.493 e. The fourth-order valence-corrected chi connectivity index (χ4v) is 4.36. The molecule has 10 nitrogen and oxygen atoms in total. The first-order valence-corrected chi connectivity index (χ1v) is 11.3. The molecule has 2 heterocycles. The fraction of sp³-hybridized carbons (Fsp3) is 0.542. The molecule has 1 aromatic carbocycles. The van der Waals surface area contributed by atoms with Crippen LogP contribution in [0.15, 0.2) is 12.1 Å². The van der Waals surface area contributed by atoms with E-state index in [1.165, 1.54) is 0 Å². The Morgan fingerprint density at radius 3 is 2.35 bits per heavy atom. The van der Waals surface area contributed by atoms with Gasteiger partial charge in [-0.15, -0.1) is 0 Å². The molecule has 1 aromatic heterocycles. The lowest BCUT2D eigenvalue weighted by Crippen LogP contribution is -2.47. The van der Waals surface area contributed by atoms with Crippen molar-refractivity contribution in [2.75, 3.05) is 57.1 Å². The summed E-state index contributed by atoms with van der Waals surface area (Å²) in [6, 6.07) is 3.67. The zero-order chi connectivity index (χ0) is 24.6. The van der Waals surface area contributed by atoms with Crippen LogP contribution in [0, 0.1) is 12.8 Å². The van der Waals surface area contributed by atoms with Gasteiger partial charge in [0.2, 0.25) is 17.6 Å². The molecule has 1 amide bonds. The van der Waals surface area contributed by atoms with Gasteiger partial charge in [0, 0.05) is 32.3 Å². The van der Waals surface area contributed by atoms with E-state index >= 15 is 0 Å². The third kappa shape index (κ3) is 4.24. The highest BCUT2D eigenvalue weighted by Gasteiger charge is 2.36. The van der Waals surface area contributed by atoms with Gasteiger partial charge >= 0.3 is 0 Å². The predicted molar refractivity (Wildman–Crippen MR) is 130 cm³/mol. The minimum atomic E-state index is -0.277. The summed E-state index contributed by atoms with van der Waals surface area (Å²) in [5.41, 5.74) is 1.45. The van der Waals surface area contributed by atoms with Crippen LogP contribution >= 0.6 is 0 Å². The van der Waals surface area contributed by atoms with Gasteiger partial charge in [-0.25, -0.2) is 4.98 Å². The quantitative estimate of drug-likeness (QED) is 0.623. The van der Waals surface area contributed by atoms with Crippen LogP contribution in [0.4, 0.5) is 17.5 Å². The number of nitrogens with one attached hydrogen (secondary N) is 1. The van der Waals surface area contributed by atoms with Gasteiger partial charge in [-0.05, 0) is 32.6 Å². The van der Waals surface area contributed by atoms with Gasteiger partial charge in [0.1, 0.15) is 17.5 Å². The van der Waals surface area contributed by atoms with Crippen molar-refractivity contribution in [3.8, 4) is 23.0 Å². The molecular formula is C24H33N5O5. The number of anilines is 3. The van der Waals surface area contributed by atoms with Crippen molar-refractivity contribution in [3.63, 3.8) is 0 Å². The van der Waals surface area contributed by atoms with Crippen LogP contribution in [0.25, 0.3) is 0 Å². The van der Waals surface area contributed by atoms with Crippen molar-refractivity contribution in [1.82, 2.24) is 9.97 Å². The number of aryl methyl sites for hydroxylation is 1. The van der Waals surface area contributed by atoms with Gasteiger partial charge in [0.05, 0.1) is 33.6 Å². The van der Waals surface area contributed by atoms with Crippen LogP contribution in [-0.4, -0.2) is 70.0 Å². The van der Waals surface area contributed by atoms with Crippen molar-refractivity contribution < 1.29 is 23.7 Å². The lowest BCUT2D eigenvalue weighted by molar-refractivity contribution is -0.117. The molecule has 2 aromatic rings. The maximum atomic E-state index is 12.2. The molecule has 0 saturated heterocycles. The van der Waals surface area contributed by atoms with Gasteiger partial charge in [-0.1, -0.05) is 0 Å². The highest BCUT2D eigenvalue weighted by molar-refractivity contribution is 6.03. The van der Waals surface area contributed by atoms with Gasteiger partial charge in [-0.2, -0.15) is 4.98 Å². The number of carbonyl (C=O) groups is 1. The van der Waals surface area contributed by atoms with Crippen molar-refractivity contribution in [1.29, 1.82) is 0 Å². The minimum Gasteiger partial charge on any atom is -0.493 e. The maximum absolute atomic E-state index is 12.2. The molecule has 1 aliphatic carbocycles. The highest BCUT2D eigenvalue weighted by Crippen LogP contribution is 2.42. The van der Waals surface area contributed by atoms with Crippen LogP contribution < -0.4 is 34.1 Å². The number of likely N-dealkylation sites (N-methyl/N-ethyl adjacent to an activating group) is 1. The number of hydrogen-bond acceptors (Lipinski definition) is 9. The van der Waals surface area contributed by atoms with Crippen molar-refractivity contribution in [3.05, 3.63) is 17.8 Å². The number of aromatic nitrogens is 2. The molecule has 0 spiro atoms. The Kier molecular flexibility index (Phi) is 6.58. The Hall–Kier alpha value is -3.43. The summed E-state index contributed by atoms with van der Waals surface area (Å²) in [7, 11) is 8.66. The van der Waals surface area contributed by atoms with E-state index in [4.69, 9.17) is 23.9 Å². The standard InChI is InChI=1S/C24H33N5O5/c1-13-20-22(28(3)14(2)23(30)26-20)27-24(25-13)29(4)16-8-15(9-16)12-34-17-10-18(31-5)21(33-7)19(11-17)32-6/h10-11,14-16H,8-9,12H2,1-7H3,(H,26,30)/t14-,15?,16?/m0/s1. The average molecular weight is 472 g/mol. The molecule has 0 bridgehead atoms. The van der Waals surface area contributed by atoms with Gasteiger partial charge in [0.15, 0.2) is 17.3 Å². The smallest absolute Gasteiger partial charge is 0.246 e. The molecule has 184 valence electrons. The zero-order valence-corrected chi connectivity index (χ0v) is 20.8. The van der Waals surface area contributed by atoms with E-state index < -0.39 is 0 Å². The Morgan fingerprint density at radius 1 is 1.12 bits per heavy atom. The number of benzene rings is 1. The first kappa shape index (κ1) is 23.7. The second kappa shape index (κ2) is 9.44. The van der Waals surface area contributed by atoms with E-state index in [0.717, 1.165) is 24.4 Å². The third-order valence-corrected chi connectivity index (χ3v) is 6.80. The molecule has 1 saturated carbocycles. The molecule has 2 aliphatic rings. The first-order chi connectivity index (χ1) is 16.3. The molecule has 1 atom stereocenters. The van der Waals surface area contributed by atoms with E-state index in [0.29, 0.717) is 53.2 Å². The van der Waals surface area contributed by atoms with Crippen LogP contribution in [0.1, 0.15) is 25.5 Å². The molecule has 10 heteroatoms. The monoisotopic (exact) mass is 471 g/mol. The van der Waals surface area contributed by atoms with Crippen molar-refractivity contribution in [2.45, 2.75) is 38.8 Å². The first-order valence-electron chi connectivity index (χ1n) is 11.3. The Labute approximate surface area is 200 Å². The molecule has 1 fully saturated rings. The number of amides is 1. The van der Waals surface area contributed by atoms with E-state index in [9.17, 15) is 4.79 Å². The number of hydrogen-bond donors (Lipinski definition) is 1. The summed E-state index contributed by atoms with van der Waals surface area (Å²) in [6.07, 6.45) is 1.95. The number of rotatable bonds is 8. The van der Waals surface area contributed by atoms with Gasteiger partial charge in [0.25, 0.3) is 0 Å². The summed E-state index contributed by atoms with van der Waals surface area (Å²) >= 11 is 0. The second-order valence-electron chi connectivity index (χ2n) is 8.86. The third-order valence-electron chi connectivity index (χ3n) is 6.80. The Balaban J connectivity index is 1.38. The van der Waals surface area contributed by atoms with Crippen LogP contribution in [0.5, 0.6) is 23.0 Å². The van der Waals surface area contributed by atoms with Gasteiger partial charge in [-0.3, -0.25) is 4.79 Å². The Bertz CT molecular complexity index is 1050. The van der Waals surface area contributed by atoms with Gasteiger partial charge < -0.3 is 34.1 Å². The lowest BCUT2D eigenvalue weighted by Gasteiger charge is -2.41. The van der Waals surface area contributed by atoms with E-state index in [1.54, 1.807) is 21.3 Å². The predicted octanol–water partition coefficient (Wildman–Crippen LogP) is 2.88. The second-order valence-corrected chi connectivity index (χ2v) is 8.86. The van der Waals surface area contributed by atoms with E-state index in [-0.39, 0.29) is 11.9 Å². The number of nitrogens with zero attached hydrogens (tertiary/aromatic N) is 4. The SMILES string of the molecule is COc1cc(OCC2CC(N(C)c3nc(C)c4c(n3)N(C)[C@@H](C)C(=O)N4)C2)cc(OC)c1OC. The van der Waals surface area contributed by atoms with Crippen LogP contribution in [0.3, 0.4) is 0 Å². The number of fused-ring (bicyclic) bond motifs is 1. The minimum absolute atomic E-state index is 0.0447. The van der Waals surface area contributed by atoms with Crippen LogP contribution in [-0.2, 0) is 4.79 Å². The van der Waals surface area contributed by atoms with Crippen molar-refractivity contribution in [2.24, 2.45) is 5.92 Å². The summed E-state index contributed by atoms with van der Waals surface area (Å²) in [6.45, 7) is 4.36. The van der Waals surface area contributed by atoms with Crippen molar-refractivity contribution >= 4 is 23.4 Å². The summed E-state index contributed by atoms with van der Waals surface area (Å²) in [4.78, 5) is 25.6. The lowest BCUT2D eigenvalue weighted by atomic mass is 9.80. The molecule has 0 radical (unpaired) electrons. The number of methoxy groups -OCH3 is 3. The molecule has 1 N–H and O–H groups in total. The molecule has 4 rings (SSSR count). The summed E-state index contributed by atoms with van der Waals surface area (Å²) < 4.78 is 22.2.